The highest BCUT2D eigenvalue weighted by Gasteiger charge is 2.21. The van der Waals surface area contributed by atoms with E-state index in [-0.39, 0.29) is 11.5 Å². The summed E-state index contributed by atoms with van der Waals surface area (Å²) < 4.78 is 0. The van der Waals surface area contributed by atoms with Gasteiger partial charge >= 0.3 is 0 Å². The smallest absolute Gasteiger partial charge is 0.147 e. The molecular weight excluding hydrogens is 326 g/mol. The second-order valence-corrected chi connectivity index (χ2v) is 5.96. The van der Waals surface area contributed by atoms with Gasteiger partial charge in [0, 0.05) is 29.5 Å². The van der Waals surface area contributed by atoms with E-state index < -0.39 is 6.04 Å². The van der Waals surface area contributed by atoms with E-state index >= 15 is 0 Å². The summed E-state index contributed by atoms with van der Waals surface area (Å²) in [4.78, 5) is 8.49. The number of nitrogens with one attached hydrogen (secondary N) is 1. The molecule has 0 bridgehead atoms. The first-order chi connectivity index (χ1) is 12.7. The Bertz CT molecular complexity index is 1050. The number of pyridine rings is 2. The molecule has 4 aromatic rings. The van der Waals surface area contributed by atoms with Crippen molar-refractivity contribution in [2.24, 2.45) is 0 Å². The van der Waals surface area contributed by atoms with Crippen molar-refractivity contribution in [2.45, 2.75) is 6.04 Å². The van der Waals surface area contributed by atoms with Crippen LogP contribution in [0.3, 0.4) is 0 Å². The molecule has 2 aromatic heterocycles. The van der Waals surface area contributed by atoms with E-state index in [4.69, 9.17) is 0 Å². The maximum absolute atomic E-state index is 10.8. The summed E-state index contributed by atoms with van der Waals surface area (Å²) in [5.74, 6) is 0.250. The van der Waals surface area contributed by atoms with Gasteiger partial charge in [-0.05, 0) is 29.8 Å². The highest BCUT2D eigenvalue weighted by atomic mass is 16.3. The molecule has 0 unspecified atom stereocenters. The van der Waals surface area contributed by atoms with Crippen molar-refractivity contribution in [3.05, 3.63) is 90.4 Å². The lowest BCUT2D eigenvalue weighted by atomic mass is 9.97. The SMILES string of the molecule is Oc1ccccc1N[C@@H](c1cccnc1)c1ccc2cccnc2c1O. The predicted octanol–water partition coefficient (Wildman–Crippen LogP) is 4.24. The number of fused-ring (bicyclic) bond motifs is 1. The molecule has 0 fully saturated rings. The molecule has 0 spiro atoms. The highest BCUT2D eigenvalue weighted by Crippen LogP contribution is 2.37. The minimum Gasteiger partial charge on any atom is -0.506 e. The molecule has 5 heteroatoms. The summed E-state index contributed by atoms with van der Waals surface area (Å²) in [5.41, 5.74) is 2.63. The van der Waals surface area contributed by atoms with E-state index in [0.29, 0.717) is 16.8 Å². The number of benzene rings is 2. The van der Waals surface area contributed by atoms with E-state index in [1.165, 1.54) is 0 Å². The van der Waals surface area contributed by atoms with Crippen molar-refractivity contribution in [1.82, 2.24) is 9.97 Å². The van der Waals surface area contributed by atoms with Gasteiger partial charge in [0.05, 0.1) is 11.7 Å². The first kappa shape index (κ1) is 15.9. The minimum atomic E-state index is -0.400. The van der Waals surface area contributed by atoms with Crippen LogP contribution in [-0.4, -0.2) is 20.2 Å². The molecule has 0 amide bonds. The van der Waals surface area contributed by atoms with Crippen LogP contribution >= 0.6 is 0 Å². The van der Waals surface area contributed by atoms with E-state index in [9.17, 15) is 10.2 Å². The number of aromatic hydroxyl groups is 2. The van der Waals surface area contributed by atoms with Gasteiger partial charge in [0.25, 0.3) is 0 Å². The number of anilines is 1. The number of hydrogen-bond donors (Lipinski definition) is 3. The number of phenolic OH excluding ortho intramolecular Hbond substituents is 2. The zero-order chi connectivity index (χ0) is 17.9. The topological polar surface area (TPSA) is 78.3 Å². The fourth-order valence-electron chi connectivity index (χ4n) is 3.02. The van der Waals surface area contributed by atoms with Crippen LogP contribution in [0.2, 0.25) is 0 Å². The predicted molar refractivity (Wildman–Crippen MR) is 101 cm³/mol. The molecule has 0 saturated carbocycles. The molecule has 1 atom stereocenters. The lowest BCUT2D eigenvalue weighted by molar-refractivity contribution is 0.469. The second kappa shape index (κ2) is 6.72. The van der Waals surface area contributed by atoms with Crippen LogP contribution in [0.15, 0.2) is 79.3 Å². The van der Waals surface area contributed by atoms with Gasteiger partial charge in [-0.3, -0.25) is 9.97 Å². The summed E-state index contributed by atoms with van der Waals surface area (Å²) in [6, 6.07) is 17.9. The van der Waals surface area contributed by atoms with Crippen LogP contribution in [-0.2, 0) is 0 Å². The monoisotopic (exact) mass is 343 g/mol. The normalized spacial score (nSPS) is 12.0. The number of para-hydroxylation sites is 2. The van der Waals surface area contributed by atoms with E-state index in [1.54, 1.807) is 36.8 Å². The van der Waals surface area contributed by atoms with Crippen molar-refractivity contribution < 1.29 is 10.2 Å². The van der Waals surface area contributed by atoms with Crippen molar-refractivity contribution in [3.8, 4) is 11.5 Å². The van der Waals surface area contributed by atoms with Gasteiger partial charge in [0.2, 0.25) is 0 Å². The van der Waals surface area contributed by atoms with Gasteiger partial charge in [-0.25, -0.2) is 0 Å². The van der Waals surface area contributed by atoms with Gasteiger partial charge in [-0.2, -0.15) is 0 Å². The van der Waals surface area contributed by atoms with Crippen LogP contribution in [0.25, 0.3) is 10.9 Å². The number of phenols is 2. The van der Waals surface area contributed by atoms with E-state index in [1.807, 2.05) is 42.5 Å². The zero-order valence-corrected chi connectivity index (χ0v) is 13.9. The largest absolute Gasteiger partial charge is 0.506 e. The Morgan fingerprint density at radius 1 is 0.846 bits per heavy atom. The van der Waals surface area contributed by atoms with Crippen LogP contribution in [0.1, 0.15) is 17.2 Å². The molecule has 0 radical (unpaired) electrons. The quantitative estimate of drug-likeness (QED) is 0.483. The Hall–Kier alpha value is -3.60. The van der Waals surface area contributed by atoms with Crippen LogP contribution < -0.4 is 5.32 Å². The van der Waals surface area contributed by atoms with Crippen molar-refractivity contribution >= 4 is 16.6 Å². The lowest BCUT2D eigenvalue weighted by Crippen LogP contribution is -2.13. The van der Waals surface area contributed by atoms with Gasteiger partial charge in [-0.15, -0.1) is 0 Å². The third-order valence-electron chi connectivity index (χ3n) is 4.31. The maximum atomic E-state index is 10.8. The molecule has 26 heavy (non-hydrogen) atoms. The Labute approximate surface area is 150 Å². The third kappa shape index (κ3) is 2.91. The summed E-state index contributed by atoms with van der Waals surface area (Å²) in [6.07, 6.45) is 5.09. The standard InChI is InChI=1S/C21H17N3O2/c25-18-8-2-1-7-17(18)24-19(15-6-3-11-22-13-15)16-10-9-14-5-4-12-23-20(14)21(16)26/h1-13,19,24-26H/t19-/m0/s1. The molecule has 0 aliphatic heterocycles. The lowest BCUT2D eigenvalue weighted by Gasteiger charge is -2.22. The Morgan fingerprint density at radius 2 is 1.69 bits per heavy atom. The third-order valence-corrected chi connectivity index (χ3v) is 4.31. The molecule has 0 aliphatic rings. The number of hydrogen-bond acceptors (Lipinski definition) is 5. The highest BCUT2D eigenvalue weighted by molar-refractivity contribution is 5.86. The summed E-state index contributed by atoms with van der Waals surface area (Å²) >= 11 is 0. The molecule has 2 heterocycles. The van der Waals surface area contributed by atoms with Crippen LogP contribution in [0.5, 0.6) is 11.5 Å². The second-order valence-electron chi connectivity index (χ2n) is 5.96. The van der Waals surface area contributed by atoms with Gasteiger partial charge in [-0.1, -0.05) is 36.4 Å². The zero-order valence-electron chi connectivity index (χ0n) is 13.9. The Morgan fingerprint density at radius 3 is 2.50 bits per heavy atom. The van der Waals surface area contributed by atoms with Gasteiger partial charge < -0.3 is 15.5 Å². The Kier molecular flexibility index (Phi) is 4.11. The molecule has 5 nitrogen and oxygen atoms in total. The number of aromatic nitrogens is 2. The van der Waals surface area contributed by atoms with Crippen LogP contribution in [0, 0.1) is 0 Å². The molecule has 3 N–H and O–H groups in total. The minimum absolute atomic E-state index is 0.111. The summed E-state index contributed by atoms with van der Waals surface area (Å²) in [5, 5.41) is 25.2. The molecule has 128 valence electrons. The van der Waals surface area contributed by atoms with Crippen molar-refractivity contribution in [2.75, 3.05) is 5.32 Å². The summed E-state index contributed by atoms with van der Waals surface area (Å²) in [7, 11) is 0. The molecular formula is C21H17N3O2. The fraction of sp³-hybridized carbons (Fsp3) is 0.0476. The molecule has 0 aliphatic carbocycles. The first-order valence-electron chi connectivity index (χ1n) is 8.25. The van der Waals surface area contributed by atoms with Gasteiger partial charge in [0.1, 0.15) is 17.0 Å². The Balaban J connectivity index is 1.86. The van der Waals surface area contributed by atoms with Crippen molar-refractivity contribution in [3.63, 3.8) is 0 Å². The summed E-state index contributed by atoms with van der Waals surface area (Å²) in [6.45, 7) is 0. The van der Waals surface area contributed by atoms with E-state index in [0.717, 1.165) is 10.9 Å². The first-order valence-corrected chi connectivity index (χ1v) is 8.25. The number of nitrogens with zero attached hydrogens (tertiary/aromatic N) is 2. The maximum Gasteiger partial charge on any atom is 0.147 e. The fourth-order valence-corrected chi connectivity index (χ4v) is 3.02. The number of rotatable bonds is 4. The molecule has 4 rings (SSSR count). The van der Waals surface area contributed by atoms with Crippen LogP contribution in [0.4, 0.5) is 5.69 Å². The molecule has 2 aromatic carbocycles. The average Bonchev–Trinajstić information content (AvgIpc) is 2.69. The van der Waals surface area contributed by atoms with E-state index in [2.05, 4.69) is 15.3 Å². The molecule has 0 saturated heterocycles. The van der Waals surface area contributed by atoms with Gasteiger partial charge in [0.15, 0.2) is 0 Å². The average molecular weight is 343 g/mol. The van der Waals surface area contributed by atoms with Crippen molar-refractivity contribution in [1.29, 1.82) is 0 Å².